The molecule has 0 radical (unpaired) electrons. The van der Waals surface area contributed by atoms with Crippen LogP contribution in [0.4, 0.5) is 0 Å². The monoisotopic (exact) mass is 226 g/mol. The van der Waals surface area contributed by atoms with Crippen LogP contribution in [0.25, 0.3) is 0 Å². The van der Waals surface area contributed by atoms with E-state index in [-0.39, 0.29) is 36.2 Å². The summed E-state index contributed by atoms with van der Waals surface area (Å²) in [6.07, 6.45) is 0. The molecule has 0 aromatic carbocycles. The first-order valence-corrected chi connectivity index (χ1v) is 4.00. The molecule has 0 aromatic rings. The van der Waals surface area contributed by atoms with E-state index in [0.717, 1.165) is 0 Å². The molecule has 0 bridgehead atoms. The molecule has 0 aliphatic carbocycles. The molecule has 0 rings (SSSR count). The molecule has 0 aromatic heterocycles. The minimum atomic E-state index is -5.17. The van der Waals surface area contributed by atoms with Crippen molar-refractivity contribution in [3.8, 4) is 0 Å². The summed E-state index contributed by atoms with van der Waals surface area (Å²) in [7, 11) is -10.3. The summed E-state index contributed by atoms with van der Waals surface area (Å²) in [4.78, 5) is 0. The Morgan fingerprint density at radius 3 is 0.667 bits per heavy atom. The van der Waals surface area contributed by atoms with E-state index in [1.54, 1.807) is 0 Å². The van der Waals surface area contributed by atoms with Crippen LogP contribution in [0.15, 0.2) is 0 Å². The summed E-state index contributed by atoms with van der Waals surface area (Å²) in [6.45, 7) is 0. The van der Waals surface area contributed by atoms with Crippen molar-refractivity contribution in [2.24, 2.45) is 0 Å². The van der Waals surface area contributed by atoms with Crippen LogP contribution in [0.2, 0.25) is 0 Å². The zero-order valence-corrected chi connectivity index (χ0v) is 8.45. The van der Waals surface area contributed by atoms with Gasteiger partial charge in [-0.25, -0.2) is 0 Å². The molecule has 0 spiro atoms. The largest absolute Gasteiger partial charge is 3.00 e. The Hall–Kier alpha value is 0.870. The molecular formula is AlLiO8S2. The van der Waals surface area contributed by atoms with Gasteiger partial charge in [0.2, 0.25) is 0 Å². The average Bonchev–Trinajstić information content (AvgIpc) is 1.12. The van der Waals surface area contributed by atoms with Crippen LogP contribution in [0.1, 0.15) is 0 Å². The van der Waals surface area contributed by atoms with Crippen LogP contribution in [0, 0.1) is 0 Å². The van der Waals surface area contributed by atoms with Crippen LogP contribution < -0.4 is 18.9 Å². The molecule has 0 saturated heterocycles. The SMILES string of the molecule is O=S(=O)([O-])[O-].O=S(=O)([O-])[O-].[Al+3].[Li+]. The zero-order chi connectivity index (χ0) is 9.00. The molecule has 0 aliphatic heterocycles. The fourth-order valence-corrected chi connectivity index (χ4v) is 0. The van der Waals surface area contributed by atoms with Crippen LogP contribution in [0.5, 0.6) is 0 Å². The van der Waals surface area contributed by atoms with Crippen LogP contribution in [-0.4, -0.2) is 52.4 Å². The second-order valence-corrected chi connectivity index (χ2v) is 2.45. The van der Waals surface area contributed by atoms with E-state index in [1.807, 2.05) is 0 Å². The van der Waals surface area contributed by atoms with E-state index in [9.17, 15) is 0 Å². The van der Waals surface area contributed by atoms with Gasteiger partial charge in [0.15, 0.2) is 0 Å². The quantitative estimate of drug-likeness (QED) is 0.224. The second kappa shape index (κ2) is 8.47. The van der Waals surface area contributed by atoms with Gasteiger partial charge in [0, 0.05) is 20.8 Å². The molecule has 0 N–H and O–H groups in total. The normalized spacial score (nSPS) is 9.67. The van der Waals surface area contributed by atoms with Crippen LogP contribution in [-0.2, 0) is 20.8 Å². The number of hydrogen-bond acceptors (Lipinski definition) is 8. The Kier molecular flexibility index (Phi) is 16.3. The molecule has 0 saturated carbocycles. The Bertz CT molecular complexity index is 213. The van der Waals surface area contributed by atoms with Gasteiger partial charge < -0.3 is 18.2 Å². The Morgan fingerprint density at radius 2 is 0.667 bits per heavy atom. The molecule has 0 unspecified atom stereocenters. The smallest absolute Gasteiger partial charge is 0.759 e. The van der Waals surface area contributed by atoms with Crippen LogP contribution in [0.3, 0.4) is 0 Å². The third kappa shape index (κ3) is 1400. The summed E-state index contributed by atoms with van der Waals surface area (Å²) in [6, 6.07) is 0. The molecule has 0 amide bonds. The fraction of sp³-hybridized carbons (Fsp3) is 0. The van der Waals surface area contributed by atoms with E-state index >= 15 is 0 Å². The number of hydrogen-bond donors (Lipinski definition) is 0. The molecule has 0 aliphatic rings. The van der Waals surface area contributed by atoms with Crippen molar-refractivity contribution in [2.45, 2.75) is 0 Å². The zero-order valence-electron chi connectivity index (χ0n) is 5.66. The summed E-state index contributed by atoms with van der Waals surface area (Å²) in [5.41, 5.74) is 0. The summed E-state index contributed by atoms with van der Waals surface area (Å²) >= 11 is 0. The third-order valence-electron chi connectivity index (χ3n) is 0. The van der Waals surface area contributed by atoms with Gasteiger partial charge in [-0.05, 0) is 0 Å². The van der Waals surface area contributed by atoms with Crippen LogP contribution >= 0.6 is 0 Å². The van der Waals surface area contributed by atoms with Crippen molar-refractivity contribution in [3.05, 3.63) is 0 Å². The van der Waals surface area contributed by atoms with Crippen molar-refractivity contribution in [2.75, 3.05) is 0 Å². The third-order valence-corrected chi connectivity index (χ3v) is 0. The minimum absolute atomic E-state index is 0. The van der Waals surface area contributed by atoms with Gasteiger partial charge in [-0.3, -0.25) is 16.8 Å². The number of rotatable bonds is 0. The summed E-state index contributed by atoms with van der Waals surface area (Å²) < 4.78 is 68.2. The molecule has 64 valence electrons. The molecular weight excluding hydrogens is 226 g/mol. The maximum Gasteiger partial charge on any atom is 3.00 e. The molecule has 0 fully saturated rings. The van der Waals surface area contributed by atoms with Gasteiger partial charge in [0.25, 0.3) is 0 Å². The molecule has 12 heavy (non-hydrogen) atoms. The van der Waals surface area contributed by atoms with Gasteiger partial charge in [0.1, 0.15) is 0 Å². The van der Waals surface area contributed by atoms with Gasteiger partial charge in [-0.15, -0.1) is 0 Å². The van der Waals surface area contributed by atoms with Gasteiger partial charge in [-0.1, -0.05) is 0 Å². The van der Waals surface area contributed by atoms with Crippen molar-refractivity contribution in [1.82, 2.24) is 0 Å². The van der Waals surface area contributed by atoms with E-state index in [2.05, 4.69) is 0 Å². The summed E-state index contributed by atoms with van der Waals surface area (Å²) in [5, 5.41) is 0. The maximum absolute atomic E-state index is 8.52. The van der Waals surface area contributed by atoms with Crippen molar-refractivity contribution in [3.63, 3.8) is 0 Å². The molecule has 0 heterocycles. The Labute approximate surface area is 91.8 Å². The van der Waals surface area contributed by atoms with Crippen molar-refractivity contribution in [1.29, 1.82) is 0 Å². The fourth-order valence-electron chi connectivity index (χ4n) is 0. The minimum Gasteiger partial charge on any atom is -0.759 e. The van der Waals surface area contributed by atoms with E-state index in [4.69, 9.17) is 35.0 Å². The van der Waals surface area contributed by atoms with Gasteiger partial charge in [-0.2, -0.15) is 0 Å². The van der Waals surface area contributed by atoms with Gasteiger partial charge >= 0.3 is 36.2 Å². The first kappa shape index (κ1) is 23.0. The van der Waals surface area contributed by atoms with E-state index < -0.39 is 20.8 Å². The molecule has 8 nitrogen and oxygen atoms in total. The van der Waals surface area contributed by atoms with Crippen molar-refractivity contribution >= 4 is 38.2 Å². The standard InChI is InChI=1S/Al.Li.2H2O4S/c;;2*1-5(2,3)4/h;;2*(H2,1,2,3,4)/q+3;+1;;/p-4. The molecule has 0 atom stereocenters. The Morgan fingerprint density at radius 1 is 0.667 bits per heavy atom. The van der Waals surface area contributed by atoms with E-state index in [0.29, 0.717) is 0 Å². The molecule has 12 heteroatoms. The first-order valence-electron chi connectivity index (χ1n) is 1.33. The Balaban J connectivity index is -0.0000000457. The second-order valence-electron chi connectivity index (χ2n) is 0.816. The predicted molar refractivity (Wildman–Crippen MR) is 26.7 cm³/mol. The van der Waals surface area contributed by atoms with Gasteiger partial charge in [0.05, 0.1) is 0 Å². The predicted octanol–water partition coefficient (Wildman–Crippen LogP) is -6.05. The maximum atomic E-state index is 8.52. The van der Waals surface area contributed by atoms with E-state index in [1.165, 1.54) is 0 Å². The topological polar surface area (TPSA) is 161 Å². The first-order chi connectivity index (χ1) is 4.00. The summed E-state index contributed by atoms with van der Waals surface area (Å²) in [5.74, 6) is 0. The van der Waals surface area contributed by atoms with Crippen molar-refractivity contribution < 1.29 is 53.9 Å². The average molecular weight is 226 g/mol.